The van der Waals surface area contributed by atoms with Crippen LogP contribution < -0.4 is 10.6 Å². The normalized spacial score (nSPS) is 13.7. The van der Waals surface area contributed by atoms with E-state index in [1.54, 1.807) is 6.07 Å². The zero-order valence-corrected chi connectivity index (χ0v) is 12.5. The molecule has 114 valence electrons. The van der Waals surface area contributed by atoms with E-state index < -0.39 is 5.97 Å². The molecular formula is C15H15ClN4O2. The van der Waals surface area contributed by atoms with Crippen molar-refractivity contribution in [3.05, 3.63) is 41.0 Å². The molecule has 3 rings (SSSR count). The van der Waals surface area contributed by atoms with E-state index in [9.17, 15) is 4.79 Å². The number of para-hydroxylation sites is 1. The fraction of sp³-hybridized carbons (Fsp3) is 0.267. The molecule has 0 radical (unpaired) electrons. The van der Waals surface area contributed by atoms with Gasteiger partial charge in [-0.25, -0.2) is 4.98 Å². The third kappa shape index (κ3) is 3.65. The Kier molecular flexibility index (Phi) is 4.11. The Balaban J connectivity index is 1.85. The number of nitrogens with zero attached hydrogens (tertiary/aromatic N) is 2. The molecule has 0 aliphatic heterocycles. The summed E-state index contributed by atoms with van der Waals surface area (Å²) in [4.78, 5) is 19.3. The Bertz CT molecular complexity index is 704. The molecule has 3 N–H and O–H groups in total. The molecule has 1 aliphatic rings. The first kappa shape index (κ1) is 14.6. The Morgan fingerprint density at radius 3 is 2.77 bits per heavy atom. The van der Waals surface area contributed by atoms with Crippen molar-refractivity contribution in [1.82, 2.24) is 9.97 Å². The van der Waals surface area contributed by atoms with Crippen LogP contribution in [0.25, 0.3) is 0 Å². The van der Waals surface area contributed by atoms with Gasteiger partial charge in [0.2, 0.25) is 5.95 Å². The van der Waals surface area contributed by atoms with Crippen molar-refractivity contribution in [2.75, 3.05) is 17.2 Å². The number of carboxylic acids is 1. The third-order valence-electron chi connectivity index (χ3n) is 3.28. The summed E-state index contributed by atoms with van der Waals surface area (Å²) in [5.74, 6) is 0.375. The minimum absolute atomic E-state index is 0.223. The van der Waals surface area contributed by atoms with Crippen LogP contribution in [0.4, 0.5) is 17.5 Å². The molecule has 1 saturated carbocycles. The standard InChI is InChI=1S/C15H15ClN4O2/c16-10-3-1-2-4-11(10)18-13-7-12(9-5-6-9)19-15(20-13)17-8-14(21)22/h1-4,7,9H,5-6,8H2,(H,21,22)(H2,17,18,19,20). The van der Waals surface area contributed by atoms with Gasteiger partial charge >= 0.3 is 5.97 Å². The average molecular weight is 319 g/mol. The zero-order valence-electron chi connectivity index (χ0n) is 11.7. The molecular weight excluding hydrogens is 304 g/mol. The summed E-state index contributed by atoms with van der Waals surface area (Å²) in [6.45, 7) is -0.223. The number of aliphatic carboxylic acids is 1. The Morgan fingerprint density at radius 1 is 1.32 bits per heavy atom. The van der Waals surface area contributed by atoms with Gasteiger partial charge in [0.25, 0.3) is 0 Å². The molecule has 1 fully saturated rings. The summed E-state index contributed by atoms with van der Waals surface area (Å²) in [6, 6.07) is 9.25. The van der Waals surface area contributed by atoms with Gasteiger partial charge in [-0.15, -0.1) is 0 Å². The number of hydrogen-bond donors (Lipinski definition) is 3. The van der Waals surface area contributed by atoms with Crippen LogP contribution >= 0.6 is 11.6 Å². The van der Waals surface area contributed by atoms with Crippen LogP contribution in [0.2, 0.25) is 5.02 Å². The van der Waals surface area contributed by atoms with Gasteiger partial charge in [-0.2, -0.15) is 4.98 Å². The van der Waals surface area contributed by atoms with Crippen LogP contribution in [0.15, 0.2) is 30.3 Å². The number of hydrogen-bond acceptors (Lipinski definition) is 5. The molecule has 1 heterocycles. The van der Waals surface area contributed by atoms with E-state index >= 15 is 0 Å². The van der Waals surface area contributed by atoms with Crippen LogP contribution in [-0.2, 0) is 4.79 Å². The molecule has 6 nitrogen and oxygen atoms in total. The van der Waals surface area contributed by atoms with Crippen molar-refractivity contribution in [2.45, 2.75) is 18.8 Å². The fourth-order valence-electron chi connectivity index (χ4n) is 2.05. The maximum Gasteiger partial charge on any atom is 0.322 e. The zero-order chi connectivity index (χ0) is 15.5. The summed E-state index contributed by atoms with van der Waals surface area (Å²) in [5, 5.41) is 15.2. The predicted molar refractivity (Wildman–Crippen MR) is 84.9 cm³/mol. The number of halogens is 1. The lowest BCUT2D eigenvalue weighted by Gasteiger charge is -2.11. The molecule has 1 aromatic heterocycles. The van der Waals surface area contributed by atoms with Crippen molar-refractivity contribution in [3.63, 3.8) is 0 Å². The third-order valence-corrected chi connectivity index (χ3v) is 3.61. The van der Waals surface area contributed by atoms with Gasteiger partial charge in [0.1, 0.15) is 12.4 Å². The van der Waals surface area contributed by atoms with E-state index in [1.807, 2.05) is 24.3 Å². The summed E-state index contributed by atoms with van der Waals surface area (Å²) >= 11 is 6.13. The lowest BCUT2D eigenvalue weighted by atomic mass is 10.2. The van der Waals surface area contributed by atoms with Crippen molar-refractivity contribution in [3.8, 4) is 0 Å². The first-order valence-electron chi connectivity index (χ1n) is 6.98. The number of carboxylic acid groups (broad SMARTS) is 1. The molecule has 0 spiro atoms. The van der Waals surface area contributed by atoms with Gasteiger partial charge in [0.05, 0.1) is 16.4 Å². The molecule has 7 heteroatoms. The van der Waals surface area contributed by atoms with E-state index in [2.05, 4.69) is 20.6 Å². The lowest BCUT2D eigenvalue weighted by Crippen LogP contribution is -2.15. The lowest BCUT2D eigenvalue weighted by molar-refractivity contribution is -0.134. The second-order valence-electron chi connectivity index (χ2n) is 5.13. The number of rotatable bonds is 6. The second kappa shape index (κ2) is 6.19. The SMILES string of the molecule is O=C(O)CNc1nc(Nc2ccccc2Cl)cc(C2CC2)n1. The number of benzene rings is 1. The van der Waals surface area contributed by atoms with Gasteiger partial charge in [-0.1, -0.05) is 23.7 Å². The van der Waals surface area contributed by atoms with Gasteiger partial charge in [0, 0.05) is 12.0 Å². The Hall–Kier alpha value is -2.34. The minimum Gasteiger partial charge on any atom is -0.480 e. The van der Waals surface area contributed by atoms with Crippen molar-refractivity contribution >= 4 is 35.0 Å². The first-order valence-corrected chi connectivity index (χ1v) is 7.36. The van der Waals surface area contributed by atoms with Crippen LogP contribution in [0.3, 0.4) is 0 Å². The molecule has 1 aliphatic carbocycles. The number of nitrogens with one attached hydrogen (secondary N) is 2. The van der Waals surface area contributed by atoms with Gasteiger partial charge in [-0.05, 0) is 25.0 Å². The molecule has 2 aromatic rings. The van der Waals surface area contributed by atoms with E-state index in [0.29, 0.717) is 22.7 Å². The molecule has 0 atom stereocenters. The molecule has 0 unspecified atom stereocenters. The number of aromatic nitrogens is 2. The highest BCUT2D eigenvalue weighted by molar-refractivity contribution is 6.33. The van der Waals surface area contributed by atoms with E-state index in [-0.39, 0.29) is 6.54 Å². The Morgan fingerprint density at radius 2 is 2.09 bits per heavy atom. The molecule has 0 bridgehead atoms. The monoisotopic (exact) mass is 318 g/mol. The highest BCUT2D eigenvalue weighted by Gasteiger charge is 2.26. The van der Waals surface area contributed by atoms with Crippen LogP contribution in [0.5, 0.6) is 0 Å². The van der Waals surface area contributed by atoms with Gasteiger partial charge in [0.15, 0.2) is 0 Å². The molecule has 1 aromatic carbocycles. The van der Waals surface area contributed by atoms with Gasteiger partial charge in [-0.3, -0.25) is 4.79 Å². The second-order valence-corrected chi connectivity index (χ2v) is 5.54. The highest BCUT2D eigenvalue weighted by Crippen LogP contribution is 2.40. The topological polar surface area (TPSA) is 87.1 Å². The maximum absolute atomic E-state index is 10.7. The molecule has 22 heavy (non-hydrogen) atoms. The molecule has 0 amide bonds. The van der Waals surface area contributed by atoms with Gasteiger partial charge < -0.3 is 15.7 Å². The highest BCUT2D eigenvalue weighted by atomic mass is 35.5. The number of carbonyl (C=O) groups is 1. The molecule has 0 saturated heterocycles. The summed E-state index contributed by atoms with van der Waals surface area (Å²) < 4.78 is 0. The van der Waals surface area contributed by atoms with Crippen molar-refractivity contribution in [1.29, 1.82) is 0 Å². The van der Waals surface area contributed by atoms with Crippen molar-refractivity contribution in [2.24, 2.45) is 0 Å². The number of anilines is 3. The average Bonchev–Trinajstić information content (AvgIpc) is 3.32. The van der Waals surface area contributed by atoms with E-state index in [1.165, 1.54) is 0 Å². The first-order chi connectivity index (χ1) is 10.6. The minimum atomic E-state index is -0.957. The Labute approximate surface area is 132 Å². The largest absolute Gasteiger partial charge is 0.480 e. The quantitative estimate of drug-likeness (QED) is 0.758. The van der Waals surface area contributed by atoms with E-state index in [0.717, 1.165) is 24.2 Å². The van der Waals surface area contributed by atoms with E-state index in [4.69, 9.17) is 16.7 Å². The van der Waals surface area contributed by atoms with Crippen molar-refractivity contribution < 1.29 is 9.90 Å². The fourth-order valence-corrected chi connectivity index (χ4v) is 2.24. The van der Waals surface area contributed by atoms with Crippen LogP contribution in [-0.4, -0.2) is 27.6 Å². The smallest absolute Gasteiger partial charge is 0.322 e. The van der Waals surface area contributed by atoms with Crippen LogP contribution in [0, 0.1) is 0 Å². The predicted octanol–water partition coefficient (Wildman–Crippen LogP) is 3.25. The maximum atomic E-state index is 10.7. The summed E-state index contributed by atoms with van der Waals surface area (Å²) in [5.41, 5.74) is 1.66. The summed E-state index contributed by atoms with van der Waals surface area (Å²) in [7, 11) is 0. The van der Waals surface area contributed by atoms with Crippen LogP contribution in [0.1, 0.15) is 24.5 Å². The summed E-state index contributed by atoms with van der Waals surface area (Å²) in [6.07, 6.45) is 2.20.